The van der Waals surface area contributed by atoms with Crippen LogP contribution in [-0.4, -0.2) is 37.7 Å². The van der Waals surface area contributed by atoms with Gasteiger partial charge in [-0.05, 0) is 32.0 Å². The molecule has 1 aliphatic heterocycles. The van der Waals surface area contributed by atoms with Crippen LogP contribution in [-0.2, 0) is 14.3 Å². The Morgan fingerprint density at radius 2 is 2.23 bits per heavy atom. The van der Waals surface area contributed by atoms with Gasteiger partial charge in [-0.1, -0.05) is 11.6 Å². The average Bonchev–Trinajstić information content (AvgIpc) is 2.88. The molecule has 0 radical (unpaired) electrons. The van der Waals surface area contributed by atoms with E-state index in [9.17, 15) is 4.79 Å². The van der Waals surface area contributed by atoms with E-state index < -0.39 is 5.79 Å². The summed E-state index contributed by atoms with van der Waals surface area (Å²) < 4.78 is 16.2. The molecule has 22 heavy (non-hydrogen) atoms. The lowest BCUT2D eigenvalue weighted by Crippen LogP contribution is -2.33. The number of halogens is 1. The summed E-state index contributed by atoms with van der Waals surface area (Å²) in [5, 5.41) is 4.49. The predicted molar refractivity (Wildman–Crippen MR) is 83.3 cm³/mol. The van der Waals surface area contributed by atoms with Crippen molar-refractivity contribution < 1.29 is 19.0 Å². The molecule has 1 aromatic carbocycles. The molecule has 1 N–H and O–H groups in total. The first-order chi connectivity index (χ1) is 10.5. The molecule has 0 saturated carbocycles. The molecular weight excluding hydrogens is 308 g/mol. The first-order valence-corrected chi connectivity index (χ1v) is 7.42. The number of nitrogens with zero attached hydrogens (tertiary/aromatic N) is 1. The third-order valence-electron chi connectivity index (χ3n) is 3.04. The van der Waals surface area contributed by atoms with Gasteiger partial charge in [0.1, 0.15) is 5.75 Å². The van der Waals surface area contributed by atoms with Crippen molar-refractivity contribution in [3.63, 3.8) is 0 Å². The van der Waals surface area contributed by atoms with Crippen molar-refractivity contribution in [3.8, 4) is 5.75 Å². The van der Waals surface area contributed by atoms with E-state index in [1.165, 1.54) is 6.21 Å². The molecule has 1 aromatic rings. The summed E-state index contributed by atoms with van der Waals surface area (Å²) in [4.78, 5) is 11.8. The number of ether oxygens (including phenoxy) is 3. The molecule has 1 saturated heterocycles. The van der Waals surface area contributed by atoms with Gasteiger partial charge in [-0.2, -0.15) is 5.10 Å². The lowest BCUT2D eigenvalue weighted by atomic mass is 10.2. The highest BCUT2D eigenvalue weighted by atomic mass is 35.5. The Hall–Kier alpha value is -1.63. The van der Waals surface area contributed by atoms with Crippen LogP contribution in [0.2, 0.25) is 5.02 Å². The van der Waals surface area contributed by atoms with Crippen LogP contribution in [0.5, 0.6) is 5.75 Å². The first kappa shape index (κ1) is 16.7. The molecule has 6 nitrogen and oxygen atoms in total. The Balaban J connectivity index is 1.94. The number of rotatable bonds is 6. The standard InChI is InChI=1S/C15H19ClN2O4/c1-3-20-13-5-4-12(16)8-11(13)10-17-18-14(19)9-15(2)21-6-7-22-15/h4-5,8,10H,3,6-7,9H2,1-2H3,(H,18,19)/b17-10+. The van der Waals surface area contributed by atoms with E-state index in [2.05, 4.69) is 10.5 Å². The summed E-state index contributed by atoms with van der Waals surface area (Å²) in [5.41, 5.74) is 3.13. The van der Waals surface area contributed by atoms with Crippen molar-refractivity contribution in [3.05, 3.63) is 28.8 Å². The molecule has 1 amide bonds. The van der Waals surface area contributed by atoms with E-state index in [0.29, 0.717) is 36.2 Å². The van der Waals surface area contributed by atoms with Crippen LogP contribution < -0.4 is 10.2 Å². The van der Waals surface area contributed by atoms with Crippen molar-refractivity contribution in [1.29, 1.82) is 0 Å². The fourth-order valence-corrected chi connectivity index (χ4v) is 2.25. The van der Waals surface area contributed by atoms with Gasteiger partial charge >= 0.3 is 0 Å². The van der Waals surface area contributed by atoms with Crippen molar-refractivity contribution in [2.24, 2.45) is 5.10 Å². The van der Waals surface area contributed by atoms with Crippen LogP contribution >= 0.6 is 11.6 Å². The van der Waals surface area contributed by atoms with E-state index in [0.717, 1.165) is 0 Å². The zero-order chi connectivity index (χ0) is 16.0. The number of benzene rings is 1. The lowest BCUT2D eigenvalue weighted by Gasteiger charge is -2.20. The normalized spacial score (nSPS) is 16.9. The van der Waals surface area contributed by atoms with Crippen LogP contribution in [0.1, 0.15) is 25.8 Å². The van der Waals surface area contributed by atoms with Gasteiger partial charge in [0.25, 0.3) is 0 Å². The topological polar surface area (TPSA) is 69.2 Å². The fraction of sp³-hybridized carbons (Fsp3) is 0.467. The van der Waals surface area contributed by atoms with Crippen molar-refractivity contribution in [2.45, 2.75) is 26.1 Å². The summed E-state index contributed by atoms with van der Waals surface area (Å²) >= 11 is 5.95. The molecule has 0 aliphatic carbocycles. The zero-order valence-corrected chi connectivity index (χ0v) is 13.4. The Kier molecular flexibility index (Phi) is 5.76. The van der Waals surface area contributed by atoms with Gasteiger partial charge in [-0.15, -0.1) is 0 Å². The second-order valence-corrected chi connectivity index (χ2v) is 5.35. The van der Waals surface area contributed by atoms with Gasteiger partial charge in [0, 0.05) is 10.6 Å². The molecule has 0 bridgehead atoms. The number of nitrogens with one attached hydrogen (secondary N) is 1. The van der Waals surface area contributed by atoms with Gasteiger partial charge in [0.05, 0.1) is 32.5 Å². The minimum Gasteiger partial charge on any atom is -0.493 e. The quantitative estimate of drug-likeness (QED) is 0.643. The SMILES string of the molecule is CCOc1ccc(Cl)cc1/C=N/NC(=O)CC1(C)OCCO1. The molecule has 2 rings (SSSR count). The fourth-order valence-electron chi connectivity index (χ4n) is 2.07. The molecular formula is C15H19ClN2O4. The maximum atomic E-state index is 11.8. The van der Waals surface area contributed by atoms with Crippen LogP contribution in [0.4, 0.5) is 0 Å². The van der Waals surface area contributed by atoms with Crippen molar-refractivity contribution >= 4 is 23.7 Å². The summed E-state index contributed by atoms with van der Waals surface area (Å²) in [6, 6.07) is 5.21. The lowest BCUT2D eigenvalue weighted by molar-refractivity contribution is -0.159. The highest BCUT2D eigenvalue weighted by Gasteiger charge is 2.33. The van der Waals surface area contributed by atoms with Crippen molar-refractivity contribution in [2.75, 3.05) is 19.8 Å². The summed E-state index contributed by atoms with van der Waals surface area (Å²) in [7, 11) is 0. The molecule has 120 valence electrons. The Morgan fingerprint density at radius 3 is 2.91 bits per heavy atom. The number of amides is 1. The minimum atomic E-state index is -0.869. The van der Waals surface area contributed by atoms with Crippen LogP contribution in [0.3, 0.4) is 0 Å². The molecule has 0 unspecified atom stereocenters. The molecule has 0 atom stereocenters. The minimum absolute atomic E-state index is 0.0816. The highest BCUT2D eigenvalue weighted by molar-refractivity contribution is 6.30. The van der Waals surface area contributed by atoms with Crippen molar-refractivity contribution in [1.82, 2.24) is 5.43 Å². The number of carbonyl (C=O) groups is 1. The van der Waals surface area contributed by atoms with E-state index in [1.807, 2.05) is 6.92 Å². The Morgan fingerprint density at radius 1 is 1.50 bits per heavy atom. The van der Waals surface area contributed by atoms with Gasteiger partial charge in [0.2, 0.25) is 5.91 Å². The monoisotopic (exact) mass is 326 g/mol. The Bertz CT molecular complexity index is 556. The molecule has 0 spiro atoms. The van der Waals surface area contributed by atoms with Gasteiger partial charge in [-0.25, -0.2) is 5.43 Å². The maximum Gasteiger partial charge on any atom is 0.245 e. The maximum absolute atomic E-state index is 11.8. The summed E-state index contributed by atoms with van der Waals surface area (Å²) in [6.07, 6.45) is 1.58. The molecule has 1 aliphatic rings. The van der Waals surface area contributed by atoms with Crippen LogP contribution in [0.25, 0.3) is 0 Å². The van der Waals surface area contributed by atoms with E-state index >= 15 is 0 Å². The third-order valence-corrected chi connectivity index (χ3v) is 3.28. The largest absolute Gasteiger partial charge is 0.493 e. The zero-order valence-electron chi connectivity index (χ0n) is 12.6. The number of hydrazone groups is 1. The summed E-state index contributed by atoms with van der Waals surface area (Å²) in [6.45, 7) is 5.13. The molecule has 1 fully saturated rings. The van der Waals surface area contributed by atoms with E-state index in [4.69, 9.17) is 25.8 Å². The second kappa shape index (κ2) is 7.58. The first-order valence-electron chi connectivity index (χ1n) is 7.04. The van der Waals surface area contributed by atoms with Crippen LogP contribution in [0, 0.1) is 0 Å². The third kappa shape index (κ3) is 4.69. The highest BCUT2D eigenvalue weighted by Crippen LogP contribution is 2.23. The summed E-state index contributed by atoms with van der Waals surface area (Å²) in [5.74, 6) is -0.508. The van der Waals surface area contributed by atoms with Crippen LogP contribution in [0.15, 0.2) is 23.3 Å². The average molecular weight is 327 g/mol. The Labute approximate surface area is 134 Å². The number of hydrogen-bond donors (Lipinski definition) is 1. The number of hydrogen-bond acceptors (Lipinski definition) is 5. The second-order valence-electron chi connectivity index (χ2n) is 4.92. The van der Waals surface area contributed by atoms with Gasteiger partial charge in [-0.3, -0.25) is 4.79 Å². The van der Waals surface area contributed by atoms with Gasteiger partial charge in [0.15, 0.2) is 5.79 Å². The molecule has 1 heterocycles. The molecule has 7 heteroatoms. The smallest absolute Gasteiger partial charge is 0.245 e. The van der Waals surface area contributed by atoms with Gasteiger partial charge < -0.3 is 14.2 Å². The van der Waals surface area contributed by atoms with E-state index in [1.54, 1.807) is 25.1 Å². The number of carbonyl (C=O) groups excluding carboxylic acids is 1. The van der Waals surface area contributed by atoms with E-state index in [-0.39, 0.29) is 12.3 Å². The molecule has 0 aromatic heterocycles. The predicted octanol–water partition coefficient (Wildman–Crippen LogP) is 2.34.